The predicted molar refractivity (Wildman–Crippen MR) is 79.2 cm³/mol. The zero-order valence-electron chi connectivity index (χ0n) is 12.0. The van der Waals surface area contributed by atoms with Crippen molar-refractivity contribution in [3.8, 4) is 0 Å². The number of ether oxygens (including phenoxy) is 1. The number of benzene rings is 1. The zero-order chi connectivity index (χ0) is 13.9. The number of piperidine rings is 1. The number of fused-ring (bicyclic) bond motifs is 1. The second kappa shape index (κ2) is 5.83. The number of para-hydroxylation sites is 1. The first-order valence-corrected chi connectivity index (χ1v) is 7.47. The molecule has 1 aromatic rings. The fourth-order valence-corrected chi connectivity index (χ4v) is 3.17. The van der Waals surface area contributed by atoms with Gasteiger partial charge in [0.2, 0.25) is 0 Å². The van der Waals surface area contributed by atoms with Crippen molar-refractivity contribution >= 4 is 11.6 Å². The maximum Gasteiger partial charge on any atom is 0.256 e. The highest BCUT2D eigenvalue weighted by molar-refractivity contribution is 6.00. The SMILES string of the molecule is COC1CCCN(C(=O)c2cccc3c2NCCC3)C1. The van der Waals surface area contributed by atoms with Crippen LogP contribution in [0.15, 0.2) is 18.2 Å². The van der Waals surface area contributed by atoms with Crippen molar-refractivity contribution in [2.75, 3.05) is 32.1 Å². The van der Waals surface area contributed by atoms with Gasteiger partial charge in [-0.3, -0.25) is 4.79 Å². The van der Waals surface area contributed by atoms with E-state index >= 15 is 0 Å². The van der Waals surface area contributed by atoms with Crippen LogP contribution in [0.4, 0.5) is 5.69 Å². The average Bonchev–Trinajstić information content (AvgIpc) is 2.53. The van der Waals surface area contributed by atoms with Crippen LogP contribution in [0, 0.1) is 0 Å². The minimum absolute atomic E-state index is 0.137. The van der Waals surface area contributed by atoms with Gasteiger partial charge in [-0.15, -0.1) is 0 Å². The molecule has 0 spiro atoms. The standard InChI is InChI=1S/C16H22N2O2/c1-20-13-7-4-10-18(11-13)16(19)14-8-2-5-12-6-3-9-17-15(12)14/h2,5,8,13,17H,3-4,6-7,9-11H2,1H3. The van der Waals surface area contributed by atoms with Crippen LogP contribution in [0.5, 0.6) is 0 Å². The van der Waals surface area contributed by atoms with Gasteiger partial charge in [0.05, 0.1) is 17.4 Å². The van der Waals surface area contributed by atoms with Crippen LogP contribution in [-0.2, 0) is 11.2 Å². The summed E-state index contributed by atoms with van der Waals surface area (Å²) in [6, 6.07) is 6.05. The lowest BCUT2D eigenvalue weighted by molar-refractivity contribution is 0.0269. The summed E-state index contributed by atoms with van der Waals surface area (Å²) in [7, 11) is 1.73. The number of hydrogen-bond acceptors (Lipinski definition) is 3. The Hall–Kier alpha value is -1.55. The molecule has 1 atom stereocenters. The molecule has 0 radical (unpaired) electrons. The molecule has 3 rings (SSSR count). The first-order valence-electron chi connectivity index (χ1n) is 7.47. The van der Waals surface area contributed by atoms with Crippen molar-refractivity contribution in [2.24, 2.45) is 0 Å². The van der Waals surface area contributed by atoms with E-state index in [0.717, 1.165) is 50.0 Å². The lowest BCUT2D eigenvalue weighted by Gasteiger charge is -2.33. The van der Waals surface area contributed by atoms with E-state index in [1.54, 1.807) is 7.11 Å². The molecule has 0 saturated carbocycles. The van der Waals surface area contributed by atoms with Crippen molar-refractivity contribution in [1.29, 1.82) is 0 Å². The van der Waals surface area contributed by atoms with Gasteiger partial charge < -0.3 is 15.0 Å². The first kappa shape index (κ1) is 13.4. The van der Waals surface area contributed by atoms with Gasteiger partial charge >= 0.3 is 0 Å². The summed E-state index contributed by atoms with van der Waals surface area (Å²) < 4.78 is 5.41. The molecule has 1 unspecified atom stereocenters. The second-order valence-corrected chi connectivity index (χ2v) is 5.62. The number of nitrogens with one attached hydrogen (secondary N) is 1. The molecule has 108 valence electrons. The van der Waals surface area contributed by atoms with Crippen LogP contribution in [0.3, 0.4) is 0 Å². The normalized spacial score (nSPS) is 22.1. The molecule has 1 fully saturated rings. The van der Waals surface area contributed by atoms with Crippen LogP contribution in [-0.4, -0.2) is 43.7 Å². The fraction of sp³-hybridized carbons (Fsp3) is 0.562. The van der Waals surface area contributed by atoms with E-state index < -0.39 is 0 Å². The molecule has 20 heavy (non-hydrogen) atoms. The molecule has 4 heteroatoms. The molecule has 1 saturated heterocycles. The summed E-state index contributed by atoms with van der Waals surface area (Å²) >= 11 is 0. The topological polar surface area (TPSA) is 41.6 Å². The zero-order valence-corrected chi connectivity index (χ0v) is 12.0. The van der Waals surface area contributed by atoms with Gasteiger partial charge in [0, 0.05) is 26.7 Å². The average molecular weight is 274 g/mol. The monoisotopic (exact) mass is 274 g/mol. The number of anilines is 1. The summed E-state index contributed by atoms with van der Waals surface area (Å²) in [5.74, 6) is 0.137. The molecule has 0 aliphatic carbocycles. The van der Waals surface area contributed by atoms with E-state index in [-0.39, 0.29) is 12.0 Å². The molecular formula is C16H22N2O2. The molecule has 0 bridgehead atoms. The number of methoxy groups -OCH3 is 1. The highest BCUT2D eigenvalue weighted by atomic mass is 16.5. The van der Waals surface area contributed by atoms with E-state index in [9.17, 15) is 4.79 Å². The molecule has 4 nitrogen and oxygen atoms in total. The minimum Gasteiger partial charge on any atom is -0.384 e. The Kier molecular flexibility index (Phi) is 3.92. The lowest BCUT2D eigenvalue weighted by Crippen LogP contribution is -2.43. The highest BCUT2D eigenvalue weighted by Crippen LogP contribution is 2.28. The number of likely N-dealkylation sites (tertiary alicyclic amines) is 1. The number of rotatable bonds is 2. The molecule has 1 N–H and O–H groups in total. The maximum atomic E-state index is 12.8. The van der Waals surface area contributed by atoms with Gasteiger partial charge in [-0.25, -0.2) is 0 Å². The molecule has 0 aromatic heterocycles. The van der Waals surface area contributed by atoms with Crippen molar-refractivity contribution < 1.29 is 9.53 Å². The number of amides is 1. The second-order valence-electron chi connectivity index (χ2n) is 5.62. The third-order valence-corrected chi connectivity index (χ3v) is 4.30. The van der Waals surface area contributed by atoms with Crippen molar-refractivity contribution in [3.05, 3.63) is 29.3 Å². The molecule has 1 aromatic carbocycles. The summed E-state index contributed by atoms with van der Waals surface area (Å²) in [5, 5.41) is 3.40. The number of aryl methyl sites for hydroxylation is 1. The number of nitrogens with zero attached hydrogens (tertiary/aromatic N) is 1. The number of hydrogen-bond donors (Lipinski definition) is 1. The van der Waals surface area contributed by atoms with Gasteiger partial charge in [-0.05, 0) is 37.3 Å². The third kappa shape index (κ3) is 2.52. The highest BCUT2D eigenvalue weighted by Gasteiger charge is 2.26. The van der Waals surface area contributed by atoms with Crippen LogP contribution >= 0.6 is 0 Å². The number of carbonyl (C=O) groups is 1. The van der Waals surface area contributed by atoms with Crippen molar-refractivity contribution in [2.45, 2.75) is 31.8 Å². The molecule has 2 heterocycles. The summed E-state index contributed by atoms with van der Waals surface area (Å²) in [4.78, 5) is 14.7. The van der Waals surface area contributed by atoms with Gasteiger partial charge in [0.25, 0.3) is 5.91 Å². The van der Waals surface area contributed by atoms with E-state index in [2.05, 4.69) is 11.4 Å². The van der Waals surface area contributed by atoms with E-state index in [1.165, 1.54) is 5.56 Å². The van der Waals surface area contributed by atoms with Gasteiger partial charge in [0.1, 0.15) is 0 Å². The van der Waals surface area contributed by atoms with Crippen molar-refractivity contribution in [3.63, 3.8) is 0 Å². The van der Waals surface area contributed by atoms with Crippen LogP contribution < -0.4 is 5.32 Å². The van der Waals surface area contributed by atoms with Crippen LogP contribution in [0.25, 0.3) is 0 Å². The Labute approximate surface area is 120 Å². The minimum atomic E-state index is 0.137. The smallest absolute Gasteiger partial charge is 0.256 e. The largest absolute Gasteiger partial charge is 0.384 e. The Bertz CT molecular complexity index is 501. The maximum absolute atomic E-state index is 12.8. The molecular weight excluding hydrogens is 252 g/mol. The quantitative estimate of drug-likeness (QED) is 0.899. The van der Waals surface area contributed by atoms with E-state index in [4.69, 9.17) is 4.74 Å². The van der Waals surface area contributed by atoms with Gasteiger partial charge in [0.15, 0.2) is 0 Å². The van der Waals surface area contributed by atoms with Gasteiger partial charge in [-0.1, -0.05) is 12.1 Å². The Morgan fingerprint density at radius 3 is 3.15 bits per heavy atom. The summed E-state index contributed by atoms with van der Waals surface area (Å²) in [6.45, 7) is 2.50. The predicted octanol–water partition coefficient (Wildman–Crippen LogP) is 2.30. The Balaban J connectivity index is 1.83. The fourth-order valence-electron chi connectivity index (χ4n) is 3.17. The summed E-state index contributed by atoms with van der Waals surface area (Å²) in [5.41, 5.74) is 3.13. The van der Waals surface area contributed by atoms with Gasteiger partial charge in [-0.2, -0.15) is 0 Å². The van der Waals surface area contributed by atoms with Crippen LogP contribution in [0.2, 0.25) is 0 Å². The first-order chi connectivity index (χ1) is 9.79. The van der Waals surface area contributed by atoms with E-state index in [0.29, 0.717) is 6.54 Å². The third-order valence-electron chi connectivity index (χ3n) is 4.30. The number of carbonyl (C=O) groups excluding carboxylic acids is 1. The van der Waals surface area contributed by atoms with Crippen molar-refractivity contribution in [1.82, 2.24) is 4.90 Å². The van der Waals surface area contributed by atoms with E-state index in [1.807, 2.05) is 17.0 Å². The Morgan fingerprint density at radius 2 is 2.30 bits per heavy atom. The van der Waals surface area contributed by atoms with Crippen LogP contribution in [0.1, 0.15) is 35.2 Å². The molecule has 2 aliphatic heterocycles. The molecule has 1 amide bonds. The molecule has 2 aliphatic rings. The lowest BCUT2D eigenvalue weighted by atomic mass is 9.98. The Morgan fingerprint density at radius 1 is 1.40 bits per heavy atom. The summed E-state index contributed by atoms with van der Waals surface area (Å²) in [6.07, 6.45) is 4.45.